The first kappa shape index (κ1) is 13.6. The molecule has 0 spiro atoms. The van der Waals surface area contributed by atoms with Crippen LogP contribution >= 0.6 is 0 Å². The first-order valence-corrected chi connectivity index (χ1v) is 5.37. The molecule has 1 rings (SSSR count). The van der Waals surface area contributed by atoms with E-state index in [1.807, 2.05) is 20.8 Å². The number of nitrogens with zero attached hydrogens (tertiary/aromatic N) is 2. The van der Waals surface area contributed by atoms with Crippen molar-refractivity contribution in [2.75, 3.05) is 7.11 Å². The molecule has 0 radical (unpaired) electrons. The van der Waals surface area contributed by atoms with Crippen LogP contribution in [-0.4, -0.2) is 28.2 Å². The van der Waals surface area contributed by atoms with Gasteiger partial charge in [-0.2, -0.15) is 0 Å². The Labute approximate surface area is 101 Å². The molecule has 1 atom stereocenters. The highest BCUT2D eigenvalue weighted by Gasteiger charge is 2.29. The number of hydrogen-bond donors (Lipinski definition) is 1. The third kappa shape index (κ3) is 3.00. The molecule has 1 aromatic heterocycles. The SMILES string of the molecule is COC(c1ncc(C(=O)O)c(C)n1)C(C)(C)C. The lowest BCUT2D eigenvalue weighted by Crippen LogP contribution is -2.23. The number of aryl methyl sites for hydroxylation is 1. The van der Waals surface area contributed by atoms with Crippen LogP contribution in [-0.2, 0) is 4.74 Å². The van der Waals surface area contributed by atoms with E-state index in [9.17, 15) is 4.79 Å². The maximum Gasteiger partial charge on any atom is 0.339 e. The van der Waals surface area contributed by atoms with Crippen LogP contribution in [0, 0.1) is 12.3 Å². The van der Waals surface area contributed by atoms with Gasteiger partial charge < -0.3 is 9.84 Å². The van der Waals surface area contributed by atoms with Gasteiger partial charge in [0.05, 0.1) is 11.3 Å². The molecule has 5 heteroatoms. The van der Waals surface area contributed by atoms with Gasteiger partial charge in [0.1, 0.15) is 6.10 Å². The molecule has 0 aliphatic carbocycles. The van der Waals surface area contributed by atoms with Crippen molar-refractivity contribution in [1.29, 1.82) is 0 Å². The van der Waals surface area contributed by atoms with Crippen molar-refractivity contribution in [1.82, 2.24) is 9.97 Å². The van der Waals surface area contributed by atoms with E-state index in [2.05, 4.69) is 9.97 Å². The smallest absolute Gasteiger partial charge is 0.339 e. The number of rotatable bonds is 3. The van der Waals surface area contributed by atoms with Crippen LogP contribution in [0.2, 0.25) is 0 Å². The summed E-state index contributed by atoms with van der Waals surface area (Å²) in [6, 6.07) is 0. The number of carbonyl (C=O) groups is 1. The van der Waals surface area contributed by atoms with Crippen LogP contribution in [0.25, 0.3) is 0 Å². The van der Waals surface area contributed by atoms with E-state index in [0.717, 1.165) is 0 Å². The molecule has 17 heavy (non-hydrogen) atoms. The van der Waals surface area contributed by atoms with Gasteiger partial charge in [-0.1, -0.05) is 20.8 Å². The third-order valence-corrected chi connectivity index (χ3v) is 2.49. The van der Waals surface area contributed by atoms with Gasteiger partial charge >= 0.3 is 5.97 Å². The third-order valence-electron chi connectivity index (χ3n) is 2.49. The molecule has 0 saturated heterocycles. The monoisotopic (exact) mass is 238 g/mol. The predicted octanol–water partition coefficient (Wildman–Crippen LogP) is 2.22. The highest BCUT2D eigenvalue weighted by atomic mass is 16.5. The fourth-order valence-corrected chi connectivity index (χ4v) is 1.67. The molecular formula is C12H18N2O3. The second-order valence-corrected chi connectivity index (χ2v) is 5.01. The highest BCUT2D eigenvalue weighted by molar-refractivity contribution is 5.88. The van der Waals surface area contributed by atoms with E-state index in [1.165, 1.54) is 6.20 Å². The molecule has 1 aromatic rings. The van der Waals surface area contributed by atoms with Crippen LogP contribution in [0.3, 0.4) is 0 Å². The van der Waals surface area contributed by atoms with Crippen LogP contribution in [0.5, 0.6) is 0 Å². The summed E-state index contributed by atoms with van der Waals surface area (Å²) in [6.45, 7) is 7.71. The van der Waals surface area contributed by atoms with Crippen LogP contribution in [0.4, 0.5) is 0 Å². The summed E-state index contributed by atoms with van der Waals surface area (Å²) < 4.78 is 5.38. The quantitative estimate of drug-likeness (QED) is 0.874. The van der Waals surface area contributed by atoms with Crippen molar-refractivity contribution in [3.63, 3.8) is 0 Å². The second kappa shape index (κ2) is 4.79. The Morgan fingerprint density at radius 3 is 2.41 bits per heavy atom. The molecule has 1 unspecified atom stereocenters. The molecule has 94 valence electrons. The lowest BCUT2D eigenvalue weighted by molar-refractivity contribution is 0.00848. The van der Waals surface area contributed by atoms with E-state index >= 15 is 0 Å². The lowest BCUT2D eigenvalue weighted by atomic mass is 9.88. The lowest BCUT2D eigenvalue weighted by Gasteiger charge is -2.28. The Morgan fingerprint density at radius 2 is 2.06 bits per heavy atom. The Morgan fingerprint density at radius 1 is 1.47 bits per heavy atom. The van der Waals surface area contributed by atoms with Gasteiger partial charge in [-0.25, -0.2) is 14.8 Å². The number of carboxylic acid groups (broad SMARTS) is 1. The molecule has 5 nitrogen and oxygen atoms in total. The number of carboxylic acids is 1. The Kier molecular flexibility index (Phi) is 3.83. The summed E-state index contributed by atoms with van der Waals surface area (Å²) in [5, 5.41) is 8.90. The fraction of sp³-hybridized carbons (Fsp3) is 0.583. The summed E-state index contributed by atoms with van der Waals surface area (Å²) >= 11 is 0. The van der Waals surface area contributed by atoms with Gasteiger partial charge in [0.25, 0.3) is 0 Å². The van der Waals surface area contributed by atoms with Gasteiger partial charge in [0.2, 0.25) is 0 Å². The van der Waals surface area contributed by atoms with Crippen LogP contribution in [0.15, 0.2) is 6.20 Å². The topological polar surface area (TPSA) is 72.3 Å². The Balaban J connectivity index is 3.16. The van der Waals surface area contributed by atoms with Crippen LogP contribution < -0.4 is 0 Å². The van der Waals surface area contributed by atoms with E-state index in [4.69, 9.17) is 9.84 Å². The van der Waals surface area contributed by atoms with Crippen molar-refractivity contribution in [2.45, 2.75) is 33.8 Å². The standard InChI is InChI=1S/C12H18N2O3/c1-7-8(11(15)16)6-13-10(14-7)9(17-5)12(2,3)4/h6,9H,1-5H3,(H,15,16). The maximum absolute atomic E-state index is 10.9. The van der Waals surface area contributed by atoms with E-state index < -0.39 is 5.97 Å². The van der Waals surface area contributed by atoms with Gasteiger partial charge in [0.15, 0.2) is 5.82 Å². The average molecular weight is 238 g/mol. The minimum atomic E-state index is -1.02. The molecule has 1 heterocycles. The number of aromatic carboxylic acids is 1. The highest BCUT2D eigenvalue weighted by Crippen LogP contribution is 2.33. The zero-order valence-electron chi connectivity index (χ0n) is 10.8. The first-order valence-electron chi connectivity index (χ1n) is 5.37. The summed E-state index contributed by atoms with van der Waals surface area (Å²) in [6.07, 6.45) is 1.07. The van der Waals surface area contributed by atoms with Crippen LogP contribution in [0.1, 0.15) is 48.8 Å². The maximum atomic E-state index is 10.9. The molecule has 1 N–H and O–H groups in total. The number of aromatic nitrogens is 2. The van der Waals surface area contributed by atoms with Gasteiger partial charge in [-0.15, -0.1) is 0 Å². The van der Waals surface area contributed by atoms with Gasteiger partial charge in [-0.05, 0) is 12.3 Å². The minimum Gasteiger partial charge on any atom is -0.478 e. The fourth-order valence-electron chi connectivity index (χ4n) is 1.67. The normalized spacial score (nSPS) is 13.5. The molecular weight excluding hydrogens is 220 g/mol. The van der Waals surface area contributed by atoms with E-state index in [1.54, 1.807) is 14.0 Å². The Bertz CT molecular complexity index is 424. The van der Waals surface area contributed by atoms with Crippen molar-refractivity contribution >= 4 is 5.97 Å². The predicted molar refractivity (Wildman–Crippen MR) is 62.9 cm³/mol. The van der Waals surface area contributed by atoms with Crippen molar-refractivity contribution < 1.29 is 14.6 Å². The molecule has 0 fully saturated rings. The molecule has 0 saturated carbocycles. The zero-order chi connectivity index (χ0) is 13.2. The van der Waals surface area contributed by atoms with Crippen molar-refractivity contribution in [3.8, 4) is 0 Å². The molecule has 0 amide bonds. The summed E-state index contributed by atoms with van der Waals surface area (Å²) in [4.78, 5) is 19.2. The molecule has 0 bridgehead atoms. The number of hydrogen-bond acceptors (Lipinski definition) is 4. The first-order chi connectivity index (χ1) is 7.77. The largest absolute Gasteiger partial charge is 0.478 e. The van der Waals surface area contributed by atoms with E-state index in [-0.39, 0.29) is 17.1 Å². The number of methoxy groups -OCH3 is 1. The van der Waals surface area contributed by atoms with Gasteiger partial charge in [0, 0.05) is 13.3 Å². The molecule has 0 aliphatic heterocycles. The van der Waals surface area contributed by atoms with E-state index in [0.29, 0.717) is 11.5 Å². The second-order valence-electron chi connectivity index (χ2n) is 5.01. The number of ether oxygens (including phenoxy) is 1. The molecule has 0 aromatic carbocycles. The summed E-state index contributed by atoms with van der Waals surface area (Å²) in [5.41, 5.74) is 0.428. The zero-order valence-corrected chi connectivity index (χ0v) is 10.8. The molecule has 0 aliphatic rings. The van der Waals surface area contributed by atoms with Gasteiger partial charge in [-0.3, -0.25) is 0 Å². The summed E-state index contributed by atoms with van der Waals surface area (Å²) in [5.74, 6) is -0.499. The minimum absolute atomic E-state index is 0.123. The average Bonchev–Trinajstić information content (AvgIpc) is 2.15. The summed E-state index contributed by atoms with van der Waals surface area (Å²) in [7, 11) is 1.60. The van der Waals surface area contributed by atoms with Crippen molar-refractivity contribution in [2.24, 2.45) is 5.41 Å². The Hall–Kier alpha value is -1.49. The van der Waals surface area contributed by atoms with Crippen molar-refractivity contribution in [3.05, 3.63) is 23.3 Å².